The van der Waals surface area contributed by atoms with E-state index in [2.05, 4.69) is 36.8 Å². The predicted octanol–water partition coefficient (Wildman–Crippen LogP) is 2.50. The van der Waals surface area contributed by atoms with Crippen LogP contribution in [-0.2, 0) is 0 Å². The molecule has 0 radical (unpaired) electrons. The summed E-state index contributed by atoms with van der Waals surface area (Å²) in [6.07, 6.45) is 4.96. The number of hydrogen-bond acceptors (Lipinski definition) is 3. The third-order valence-corrected chi connectivity index (χ3v) is 3.97. The second kappa shape index (κ2) is 6.77. The molecule has 3 heteroatoms. The number of piperidine rings is 1. The van der Waals surface area contributed by atoms with Crippen LogP contribution < -0.4 is 0 Å². The van der Waals surface area contributed by atoms with E-state index in [1.807, 2.05) is 11.8 Å². The van der Waals surface area contributed by atoms with E-state index in [1.165, 1.54) is 38.4 Å². The second-order valence-electron chi connectivity index (χ2n) is 4.71. The summed E-state index contributed by atoms with van der Waals surface area (Å²) in [6, 6.07) is 1.50. The highest BCUT2D eigenvalue weighted by atomic mass is 32.2. The molecule has 15 heavy (non-hydrogen) atoms. The van der Waals surface area contributed by atoms with Crippen LogP contribution in [0.3, 0.4) is 0 Å². The van der Waals surface area contributed by atoms with E-state index < -0.39 is 0 Å². The molecule has 0 aromatic rings. The first-order valence-electron chi connectivity index (χ1n) is 6.16. The van der Waals surface area contributed by atoms with Gasteiger partial charge in [0.2, 0.25) is 0 Å². The molecule has 1 atom stereocenters. The molecule has 1 saturated heterocycles. The standard InChI is InChI=1S/C12H26N2S/c1-5-13(10-15-4)12-7-6-8-14(9-12)11(2)3/h11-12H,5-10H2,1-4H3. The first-order chi connectivity index (χ1) is 7.19. The Morgan fingerprint density at radius 1 is 1.47 bits per heavy atom. The molecule has 0 bridgehead atoms. The van der Waals surface area contributed by atoms with Gasteiger partial charge in [0.05, 0.1) is 0 Å². The smallest absolute Gasteiger partial charge is 0.0444 e. The van der Waals surface area contributed by atoms with Crippen LogP contribution in [0.5, 0.6) is 0 Å². The van der Waals surface area contributed by atoms with Crippen molar-refractivity contribution in [3.05, 3.63) is 0 Å². The summed E-state index contributed by atoms with van der Waals surface area (Å²) in [7, 11) is 0. The van der Waals surface area contributed by atoms with Gasteiger partial charge in [-0.05, 0) is 46.0 Å². The van der Waals surface area contributed by atoms with Crippen LogP contribution in [0.15, 0.2) is 0 Å². The Labute approximate surface area is 99.4 Å². The van der Waals surface area contributed by atoms with Gasteiger partial charge < -0.3 is 0 Å². The molecule has 0 aromatic carbocycles. The molecule has 0 saturated carbocycles. The van der Waals surface area contributed by atoms with Gasteiger partial charge in [-0.1, -0.05) is 6.92 Å². The topological polar surface area (TPSA) is 6.48 Å². The molecular formula is C12H26N2S. The van der Waals surface area contributed by atoms with Crippen LogP contribution in [0.1, 0.15) is 33.6 Å². The summed E-state index contributed by atoms with van der Waals surface area (Å²) in [5.74, 6) is 1.19. The number of hydrogen-bond donors (Lipinski definition) is 0. The lowest BCUT2D eigenvalue weighted by Gasteiger charge is -2.40. The van der Waals surface area contributed by atoms with Gasteiger partial charge in [-0.25, -0.2) is 0 Å². The van der Waals surface area contributed by atoms with Gasteiger partial charge in [0, 0.05) is 24.5 Å². The van der Waals surface area contributed by atoms with Crippen LogP contribution in [0.4, 0.5) is 0 Å². The van der Waals surface area contributed by atoms with Gasteiger partial charge in [0.25, 0.3) is 0 Å². The number of thioether (sulfide) groups is 1. The molecule has 1 fully saturated rings. The van der Waals surface area contributed by atoms with Crippen LogP contribution >= 0.6 is 11.8 Å². The van der Waals surface area contributed by atoms with Gasteiger partial charge in [0.15, 0.2) is 0 Å². The zero-order valence-electron chi connectivity index (χ0n) is 10.7. The largest absolute Gasteiger partial charge is 0.299 e. The van der Waals surface area contributed by atoms with E-state index in [1.54, 1.807) is 0 Å². The van der Waals surface area contributed by atoms with Crippen LogP contribution in [-0.4, -0.2) is 53.7 Å². The predicted molar refractivity (Wildman–Crippen MR) is 70.5 cm³/mol. The first-order valence-corrected chi connectivity index (χ1v) is 7.55. The van der Waals surface area contributed by atoms with E-state index >= 15 is 0 Å². The molecule has 2 nitrogen and oxygen atoms in total. The fraction of sp³-hybridized carbons (Fsp3) is 1.00. The first kappa shape index (κ1) is 13.3. The van der Waals surface area contributed by atoms with Gasteiger partial charge >= 0.3 is 0 Å². The maximum absolute atomic E-state index is 2.62. The molecule has 1 rings (SSSR count). The van der Waals surface area contributed by atoms with Crippen molar-refractivity contribution in [2.45, 2.75) is 45.7 Å². The molecule has 1 unspecified atom stereocenters. The molecule has 90 valence electrons. The highest BCUT2D eigenvalue weighted by Crippen LogP contribution is 2.18. The minimum absolute atomic E-state index is 0.709. The van der Waals surface area contributed by atoms with Crippen LogP contribution in [0.25, 0.3) is 0 Å². The molecule has 0 aromatic heterocycles. The molecule has 0 amide bonds. The Morgan fingerprint density at radius 2 is 2.20 bits per heavy atom. The average molecular weight is 230 g/mol. The maximum Gasteiger partial charge on any atom is 0.0444 e. The molecule has 1 aliphatic heterocycles. The number of nitrogens with zero attached hydrogens (tertiary/aromatic N) is 2. The maximum atomic E-state index is 2.62. The monoisotopic (exact) mass is 230 g/mol. The zero-order chi connectivity index (χ0) is 11.3. The minimum atomic E-state index is 0.709. The van der Waals surface area contributed by atoms with Crippen molar-refractivity contribution in [1.29, 1.82) is 0 Å². The lowest BCUT2D eigenvalue weighted by molar-refractivity contribution is 0.0948. The van der Waals surface area contributed by atoms with Crippen LogP contribution in [0, 0.1) is 0 Å². The lowest BCUT2D eigenvalue weighted by Crippen LogP contribution is -2.49. The Hall–Kier alpha value is 0.270. The number of likely N-dealkylation sites (tertiary alicyclic amines) is 1. The zero-order valence-corrected chi connectivity index (χ0v) is 11.5. The van der Waals surface area contributed by atoms with E-state index in [0.29, 0.717) is 6.04 Å². The highest BCUT2D eigenvalue weighted by Gasteiger charge is 2.25. The highest BCUT2D eigenvalue weighted by molar-refractivity contribution is 7.98. The summed E-state index contributed by atoms with van der Waals surface area (Å²) >= 11 is 1.94. The average Bonchev–Trinajstić information content (AvgIpc) is 2.26. The van der Waals surface area contributed by atoms with Crippen molar-refractivity contribution in [2.75, 3.05) is 31.8 Å². The molecule has 1 heterocycles. The molecule has 0 N–H and O–H groups in total. The molecule has 1 aliphatic rings. The van der Waals surface area contributed by atoms with Crippen molar-refractivity contribution in [3.63, 3.8) is 0 Å². The van der Waals surface area contributed by atoms with Crippen molar-refractivity contribution in [3.8, 4) is 0 Å². The molecule has 0 aliphatic carbocycles. The summed E-state index contributed by atoms with van der Waals surface area (Å²) in [5.41, 5.74) is 0. The van der Waals surface area contributed by atoms with E-state index in [0.717, 1.165) is 6.04 Å². The Bertz CT molecular complexity index is 173. The summed E-state index contributed by atoms with van der Waals surface area (Å²) in [5, 5.41) is 0. The lowest BCUT2D eigenvalue weighted by atomic mass is 10.0. The van der Waals surface area contributed by atoms with E-state index in [9.17, 15) is 0 Å². The Balaban J connectivity index is 2.46. The normalized spacial score (nSPS) is 24.0. The molecular weight excluding hydrogens is 204 g/mol. The van der Waals surface area contributed by atoms with Crippen LogP contribution in [0.2, 0.25) is 0 Å². The third-order valence-electron chi connectivity index (χ3n) is 3.38. The summed E-state index contributed by atoms with van der Waals surface area (Å²) in [6.45, 7) is 10.7. The third kappa shape index (κ3) is 3.97. The summed E-state index contributed by atoms with van der Waals surface area (Å²) in [4.78, 5) is 5.25. The summed E-state index contributed by atoms with van der Waals surface area (Å²) < 4.78 is 0. The van der Waals surface area contributed by atoms with Crippen molar-refractivity contribution < 1.29 is 0 Å². The Morgan fingerprint density at radius 3 is 2.73 bits per heavy atom. The molecule has 0 spiro atoms. The number of likely N-dealkylation sites (N-methyl/N-ethyl adjacent to an activating group) is 1. The Kier molecular flexibility index (Phi) is 6.02. The quantitative estimate of drug-likeness (QED) is 0.670. The van der Waals surface area contributed by atoms with Gasteiger partial charge in [-0.2, -0.15) is 0 Å². The minimum Gasteiger partial charge on any atom is -0.299 e. The van der Waals surface area contributed by atoms with Gasteiger partial charge in [0.1, 0.15) is 0 Å². The van der Waals surface area contributed by atoms with Crippen molar-refractivity contribution in [2.24, 2.45) is 0 Å². The second-order valence-corrected chi connectivity index (χ2v) is 5.54. The fourth-order valence-electron chi connectivity index (χ4n) is 2.37. The van der Waals surface area contributed by atoms with E-state index in [-0.39, 0.29) is 0 Å². The van der Waals surface area contributed by atoms with E-state index in [4.69, 9.17) is 0 Å². The van der Waals surface area contributed by atoms with Crippen molar-refractivity contribution >= 4 is 11.8 Å². The van der Waals surface area contributed by atoms with Crippen molar-refractivity contribution in [1.82, 2.24) is 9.80 Å². The fourth-order valence-corrected chi connectivity index (χ4v) is 3.10. The SMILES string of the molecule is CCN(CSC)C1CCCN(C(C)C)C1. The van der Waals surface area contributed by atoms with Gasteiger partial charge in [-0.15, -0.1) is 11.8 Å². The number of rotatable bonds is 5. The van der Waals surface area contributed by atoms with Gasteiger partial charge in [-0.3, -0.25) is 9.80 Å².